The van der Waals surface area contributed by atoms with Crippen LogP contribution in [0.5, 0.6) is 0 Å². The molecule has 1 aliphatic rings. The SMILES string of the molecule is Nc1nnc(NC2CCC(=O)NC2=O)o1. The molecule has 0 saturated carbocycles. The second-order valence-corrected chi connectivity index (χ2v) is 3.09. The van der Waals surface area contributed by atoms with E-state index < -0.39 is 11.9 Å². The van der Waals surface area contributed by atoms with Gasteiger partial charge in [0.2, 0.25) is 11.8 Å². The van der Waals surface area contributed by atoms with Crippen LogP contribution in [0.4, 0.5) is 12.0 Å². The third-order valence-corrected chi connectivity index (χ3v) is 1.98. The van der Waals surface area contributed by atoms with Gasteiger partial charge in [-0.05, 0) is 6.42 Å². The van der Waals surface area contributed by atoms with E-state index >= 15 is 0 Å². The van der Waals surface area contributed by atoms with Crippen LogP contribution in [0, 0.1) is 0 Å². The molecule has 4 N–H and O–H groups in total. The van der Waals surface area contributed by atoms with Gasteiger partial charge in [-0.1, -0.05) is 10.2 Å². The highest BCUT2D eigenvalue weighted by molar-refractivity contribution is 6.01. The maximum absolute atomic E-state index is 11.3. The Hall–Kier alpha value is -2.12. The molecule has 1 aliphatic heterocycles. The number of nitrogens with one attached hydrogen (secondary N) is 2. The van der Waals surface area contributed by atoms with Crippen molar-refractivity contribution in [2.24, 2.45) is 0 Å². The van der Waals surface area contributed by atoms with Gasteiger partial charge < -0.3 is 15.5 Å². The Morgan fingerprint density at radius 2 is 2.27 bits per heavy atom. The highest BCUT2D eigenvalue weighted by Crippen LogP contribution is 2.12. The average molecular weight is 211 g/mol. The minimum Gasteiger partial charge on any atom is -0.390 e. The van der Waals surface area contributed by atoms with Crippen LogP contribution in [0.25, 0.3) is 0 Å². The molecule has 0 spiro atoms. The molecule has 2 amide bonds. The van der Waals surface area contributed by atoms with Crippen molar-refractivity contribution in [3.63, 3.8) is 0 Å². The summed E-state index contributed by atoms with van der Waals surface area (Å²) in [7, 11) is 0. The highest BCUT2D eigenvalue weighted by atomic mass is 16.4. The van der Waals surface area contributed by atoms with Gasteiger partial charge in [-0.25, -0.2) is 0 Å². The molecule has 1 saturated heterocycles. The van der Waals surface area contributed by atoms with Crippen molar-refractivity contribution < 1.29 is 14.0 Å². The predicted molar refractivity (Wildman–Crippen MR) is 48.5 cm³/mol. The topological polar surface area (TPSA) is 123 Å². The van der Waals surface area contributed by atoms with Crippen molar-refractivity contribution in [2.75, 3.05) is 11.1 Å². The average Bonchev–Trinajstić information content (AvgIpc) is 2.56. The van der Waals surface area contributed by atoms with Crippen LogP contribution in [-0.4, -0.2) is 28.1 Å². The van der Waals surface area contributed by atoms with Gasteiger partial charge in [-0.3, -0.25) is 14.9 Å². The van der Waals surface area contributed by atoms with E-state index in [4.69, 9.17) is 10.2 Å². The lowest BCUT2D eigenvalue weighted by molar-refractivity contribution is -0.133. The molecule has 1 aromatic rings. The molecule has 1 fully saturated rings. The van der Waals surface area contributed by atoms with Gasteiger partial charge in [0, 0.05) is 6.42 Å². The van der Waals surface area contributed by atoms with Gasteiger partial charge in [0.05, 0.1) is 0 Å². The number of aromatic nitrogens is 2. The highest BCUT2D eigenvalue weighted by Gasteiger charge is 2.27. The number of piperidine rings is 1. The first kappa shape index (κ1) is 9.44. The van der Waals surface area contributed by atoms with Crippen molar-refractivity contribution in [2.45, 2.75) is 18.9 Å². The number of carbonyl (C=O) groups is 2. The van der Waals surface area contributed by atoms with Crippen LogP contribution in [0.1, 0.15) is 12.8 Å². The third kappa shape index (κ3) is 2.03. The summed E-state index contributed by atoms with van der Waals surface area (Å²) in [5.74, 6) is -0.675. The molecule has 0 bridgehead atoms. The standard InChI is InChI=1S/C7H9N5O3/c8-6-11-12-7(15-6)9-3-1-2-4(13)10-5(3)14/h3H,1-2H2,(H2,8,11)(H,9,12)(H,10,13,14). The predicted octanol–water partition coefficient (Wildman–Crippen LogP) is -1.13. The van der Waals surface area contributed by atoms with Crippen molar-refractivity contribution in [1.82, 2.24) is 15.5 Å². The molecule has 8 nitrogen and oxygen atoms in total. The number of imide groups is 1. The zero-order valence-electron chi connectivity index (χ0n) is 7.69. The van der Waals surface area contributed by atoms with Gasteiger partial charge in [0.1, 0.15) is 6.04 Å². The molecule has 0 aliphatic carbocycles. The van der Waals surface area contributed by atoms with E-state index in [9.17, 15) is 9.59 Å². The maximum atomic E-state index is 11.3. The first-order valence-electron chi connectivity index (χ1n) is 4.34. The summed E-state index contributed by atoms with van der Waals surface area (Å²) in [4.78, 5) is 22.1. The summed E-state index contributed by atoms with van der Waals surface area (Å²) in [6.45, 7) is 0. The molecule has 2 heterocycles. The molecule has 1 unspecified atom stereocenters. The summed E-state index contributed by atoms with van der Waals surface area (Å²) >= 11 is 0. The van der Waals surface area contributed by atoms with Gasteiger partial charge in [0.15, 0.2) is 0 Å². The summed E-state index contributed by atoms with van der Waals surface area (Å²) in [6, 6.07) is -0.547. The lowest BCUT2D eigenvalue weighted by atomic mass is 10.1. The summed E-state index contributed by atoms with van der Waals surface area (Å²) in [5.41, 5.74) is 5.21. The zero-order valence-corrected chi connectivity index (χ0v) is 7.69. The van der Waals surface area contributed by atoms with Crippen LogP contribution in [0.2, 0.25) is 0 Å². The lowest BCUT2D eigenvalue weighted by Gasteiger charge is -2.20. The Kier molecular flexibility index (Phi) is 2.24. The lowest BCUT2D eigenvalue weighted by Crippen LogP contribution is -2.47. The van der Waals surface area contributed by atoms with Gasteiger partial charge >= 0.3 is 12.0 Å². The normalized spacial score (nSPS) is 21.2. The van der Waals surface area contributed by atoms with Gasteiger partial charge in [-0.2, -0.15) is 0 Å². The molecule has 1 atom stereocenters. The smallest absolute Gasteiger partial charge is 0.317 e. The van der Waals surface area contributed by atoms with E-state index in [2.05, 4.69) is 20.8 Å². The quantitative estimate of drug-likeness (QED) is 0.528. The first-order chi connectivity index (χ1) is 7.15. The fraction of sp³-hybridized carbons (Fsp3) is 0.429. The molecular formula is C7H9N5O3. The number of anilines is 2. The van der Waals surface area contributed by atoms with Crippen molar-refractivity contribution in [1.29, 1.82) is 0 Å². The fourth-order valence-corrected chi connectivity index (χ4v) is 1.27. The molecule has 1 aromatic heterocycles. The Balaban J connectivity index is 2.00. The largest absolute Gasteiger partial charge is 0.390 e. The van der Waals surface area contributed by atoms with E-state index in [0.717, 1.165) is 0 Å². The van der Waals surface area contributed by atoms with Gasteiger partial charge in [0.25, 0.3) is 0 Å². The third-order valence-electron chi connectivity index (χ3n) is 1.98. The van der Waals surface area contributed by atoms with Crippen molar-refractivity contribution in [3.8, 4) is 0 Å². The van der Waals surface area contributed by atoms with Crippen LogP contribution in [0.15, 0.2) is 4.42 Å². The number of amides is 2. The van der Waals surface area contributed by atoms with Crippen molar-refractivity contribution in [3.05, 3.63) is 0 Å². The van der Waals surface area contributed by atoms with E-state index in [0.29, 0.717) is 6.42 Å². The van der Waals surface area contributed by atoms with Gasteiger partial charge in [-0.15, -0.1) is 0 Å². The minimum atomic E-state index is -0.539. The van der Waals surface area contributed by atoms with Crippen LogP contribution >= 0.6 is 0 Å². The number of carbonyl (C=O) groups excluding carboxylic acids is 2. The molecule has 0 radical (unpaired) electrons. The van der Waals surface area contributed by atoms with Crippen molar-refractivity contribution >= 4 is 23.8 Å². The van der Waals surface area contributed by atoms with Crippen LogP contribution in [-0.2, 0) is 9.59 Å². The van der Waals surface area contributed by atoms with E-state index in [1.807, 2.05) is 0 Å². The summed E-state index contributed by atoms with van der Waals surface area (Å²) in [6.07, 6.45) is 0.681. The molecule has 8 heteroatoms. The number of rotatable bonds is 2. The summed E-state index contributed by atoms with van der Waals surface area (Å²) in [5, 5.41) is 11.9. The van der Waals surface area contributed by atoms with E-state index in [-0.39, 0.29) is 24.4 Å². The van der Waals surface area contributed by atoms with E-state index in [1.54, 1.807) is 0 Å². The molecule has 0 aromatic carbocycles. The number of nitrogens with two attached hydrogens (primary N) is 1. The molecular weight excluding hydrogens is 202 g/mol. The Morgan fingerprint density at radius 3 is 2.87 bits per heavy atom. The number of hydrogen-bond acceptors (Lipinski definition) is 7. The Bertz CT molecular complexity index is 401. The van der Waals surface area contributed by atoms with E-state index in [1.165, 1.54) is 0 Å². The molecule has 15 heavy (non-hydrogen) atoms. The Morgan fingerprint density at radius 1 is 1.47 bits per heavy atom. The molecule has 80 valence electrons. The monoisotopic (exact) mass is 211 g/mol. The van der Waals surface area contributed by atoms with Crippen LogP contribution < -0.4 is 16.4 Å². The Labute approximate surface area is 84.2 Å². The maximum Gasteiger partial charge on any atom is 0.317 e. The number of hydrogen-bond donors (Lipinski definition) is 3. The minimum absolute atomic E-state index is 0.0713. The second kappa shape index (κ2) is 3.56. The number of nitrogen functional groups attached to an aromatic ring is 1. The fourth-order valence-electron chi connectivity index (χ4n) is 1.27. The second-order valence-electron chi connectivity index (χ2n) is 3.09. The zero-order chi connectivity index (χ0) is 10.8. The van der Waals surface area contributed by atoms with Crippen LogP contribution in [0.3, 0.4) is 0 Å². The molecule has 2 rings (SSSR count). The number of nitrogens with zero attached hydrogens (tertiary/aromatic N) is 2. The summed E-state index contributed by atoms with van der Waals surface area (Å²) < 4.78 is 4.84. The first-order valence-corrected chi connectivity index (χ1v) is 4.34.